The first-order chi connectivity index (χ1) is 4.90. The Labute approximate surface area is 67.1 Å². The van der Waals surface area contributed by atoms with Crippen molar-refractivity contribution in [2.75, 3.05) is 13.8 Å². The van der Waals surface area contributed by atoms with E-state index >= 15 is 0 Å². The molecule has 0 heterocycles. The van der Waals surface area contributed by atoms with Crippen LogP contribution < -0.4 is 0 Å². The van der Waals surface area contributed by atoms with Crippen molar-refractivity contribution in [3.05, 3.63) is 0 Å². The molecule has 0 bridgehead atoms. The Morgan fingerprint density at radius 2 is 1.82 bits per heavy atom. The zero-order chi connectivity index (χ0) is 9.07. The molecule has 0 saturated carbocycles. The summed E-state index contributed by atoms with van der Waals surface area (Å²) in [6.45, 7) is 3.40. The summed E-state index contributed by atoms with van der Waals surface area (Å²) in [5, 5.41) is 27.1. The molecule has 0 rings (SSSR count). The van der Waals surface area contributed by atoms with Crippen LogP contribution in [0.5, 0.6) is 0 Å². The first kappa shape index (κ1) is 10.8. The smallest absolute Gasteiger partial charge is 0.226 e. The molecule has 0 radical (unpaired) electrons. The lowest BCUT2D eigenvalue weighted by molar-refractivity contribution is -0.278. The third kappa shape index (κ3) is 3.67. The van der Waals surface area contributed by atoms with Crippen LogP contribution in [0.3, 0.4) is 0 Å². The molecule has 0 aromatic rings. The van der Waals surface area contributed by atoms with Gasteiger partial charge >= 0.3 is 0 Å². The molecule has 4 heteroatoms. The Bertz CT molecular complexity index is 114. The number of aliphatic hydroxyl groups is 3. The number of hydrogen-bond donors (Lipinski definition) is 3. The van der Waals surface area contributed by atoms with Gasteiger partial charge in [0.15, 0.2) is 0 Å². The van der Waals surface area contributed by atoms with Gasteiger partial charge in [0.2, 0.25) is 5.91 Å². The summed E-state index contributed by atoms with van der Waals surface area (Å²) in [4.78, 5) is 1.08. The molecule has 0 saturated heterocycles. The second-order valence-electron chi connectivity index (χ2n) is 3.21. The molecule has 0 amide bonds. The van der Waals surface area contributed by atoms with E-state index in [1.807, 2.05) is 13.8 Å². The van der Waals surface area contributed by atoms with E-state index in [9.17, 15) is 10.2 Å². The van der Waals surface area contributed by atoms with E-state index in [0.29, 0.717) is 0 Å². The summed E-state index contributed by atoms with van der Waals surface area (Å²) in [7, 11) is 1.45. The minimum atomic E-state index is -1.89. The maximum atomic E-state index is 9.27. The highest BCUT2D eigenvalue weighted by molar-refractivity contribution is 4.63. The van der Waals surface area contributed by atoms with Crippen molar-refractivity contribution in [3.8, 4) is 0 Å². The van der Waals surface area contributed by atoms with Crippen molar-refractivity contribution >= 4 is 0 Å². The van der Waals surface area contributed by atoms with Gasteiger partial charge in [0.25, 0.3) is 0 Å². The Balaban J connectivity index is 3.98. The van der Waals surface area contributed by atoms with Crippen LogP contribution in [0.25, 0.3) is 0 Å². The van der Waals surface area contributed by atoms with E-state index in [0.717, 1.165) is 4.90 Å². The van der Waals surface area contributed by atoms with Crippen LogP contribution in [0.2, 0.25) is 0 Å². The third-order valence-electron chi connectivity index (χ3n) is 1.51. The van der Waals surface area contributed by atoms with Gasteiger partial charge in [0.1, 0.15) is 0 Å². The van der Waals surface area contributed by atoms with Crippen molar-refractivity contribution in [1.82, 2.24) is 4.90 Å². The number of nitrogens with zero attached hydrogens (tertiary/aromatic N) is 1. The lowest BCUT2D eigenvalue weighted by Crippen LogP contribution is -2.47. The van der Waals surface area contributed by atoms with E-state index in [1.54, 1.807) is 0 Å². The fraction of sp³-hybridized carbons (Fsp3) is 1.00. The summed E-state index contributed by atoms with van der Waals surface area (Å²) < 4.78 is 0. The maximum Gasteiger partial charge on any atom is 0.226 e. The first-order valence-electron chi connectivity index (χ1n) is 3.67. The van der Waals surface area contributed by atoms with E-state index in [1.165, 1.54) is 7.05 Å². The summed E-state index contributed by atoms with van der Waals surface area (Å²) >= 11 is 0. The summed E-state index contributed by atoms with van der Waals surface area (Å²) in [5.41, 5.74) is 0. The molecule has 0 spiro atoms. The van der Waals surface area contributed by atoms with Gasteiger partial charge in [-0.2, -0.15) is 0 Å². The average Bonchev–Trinajstić information content (AvgIpc) is 1.83. The molecule has 3 N–H and O–H groups in total. The van der Waals surface area contributed by atoms with Gasteiger partial charge < -0.3 is 15.3 Å². The van der Waals surface area contributed by atoms with Gasteiger partial charge in [-0.15, -0.1) is 0 Å². The third-order valence-corrected chi connectivity index (χ3v) is 1.51. The van der Waals surface area contributed by atoms with Crippen LogP contribution in [0.4, 0.5) is 0 Å². The molecular weight excluding hydrogens is 146 g/mol. The van der Waals surface area contributed by atoms with Crippen molar-refractivity contribution in [3.63, 3.8) is 0 Å². The van der Waals surface area contributed by atoms with E-state index in [4.69, 9.17) is 5.11 Å². The van der Waals surface area contributed by atoms with Crippen molar-refractivity contribution < 1.29 is 15.3 Å². The lowest BCUT2D eigenvalue weighted by atomic mass is 10.1. The molecule has 11 heavy (non-hydrogen) atoms. The van der Waals surface area contributed by atoms with Crippen molar-refractivity contribution in [2.45, 2.75) is 26.2 Å². The Morgan fingerprint density at radius 1 is 1.36 bits per heavy atom. The van der Waals surface area contributed by atoms with Crippen molar-refractivity contribution in [1.29, 1.82) is 0 Å². The topological polar surface area (TPSA) is 63.9 Å². The average molecular weight is 163 g/mol. The van der Waals surface area contributed by atoms with Gasteiger partial charge in [-0.25, -0.2) is 4.90 Å². The van der Waals surface area contributed by atoms with Gasteiger partial charge in [-0.05, 0) is 13.0 Å². The SMILES string of the molecule is CC(C)CC(O)(O)N(C)CO. The molecule has 0 unspecified atom stereocenters. The Morgan fingerprint density at radius 3 is 2.09 bits per heavy atom. The summed E-state index contributed by atoms with van der Waals surface area (Å²) in [6, 6.07) is 0. The first-order valence-corrected chi connectivity index (χ1v) is 3.67. The highest BCUT2D eigenvalue weighted by Gasteiger charge is 2.28. The lowest BCUT2D eigenvalue weighted by Gasteiger charge is -2.31. The van der Waals surface area contributed by atoms with E-state index in [2.05, 4.69) is 0 Å². The zero-order valence-electron chi connectivity index (χ0n) is 7.28. The molecule has 0 aromatic carbocycles. The predicted molar refractivity (Wildman–Crippen MR) is 41.5 cm³/mol. The van der Waals surface area contributed by atoms with Crippen LogP contribution in [-0.2, 0) is 0 Å². The molecule has 0 aromatic heterocycles. The van der Waals surface area contributed by atoms with E-state index in [-0.39, 0.29) is 19.1 Å². The number of hydrogen-bond acceptors (Lipinski definition) is 4. The fourth-order valence-corrected chi connectivity index (χ4v) is 0.817. The highest BCUT2D eigenvalue weighted by atomic mass is 16.5. The number of rotatable bonds is 4. The summed E-state index contributed by atoms with van der Waals surface area (Å²) in [5.74, 6) is -1.71. The van der Waals surface area contributed by atoms with Crippen LogP contribution in [0.15, 0.2) is 0 Å². The highest BCUT2D eigenvalue weighted by Crippen LogP contribution is 2.15. The van der Waals surface area contributed by atoms with E-state index < -0.39 is 5.91 Å². The van der Waals surface area contributed by atoms with Crippen LogP contribution in [0.1, 0.15) is 20.3 Å². The molecule has 0 atom stereocenters. The second kappa shape index (κ2) is 4.01. The normalized spacial score (nSPS) is 13.1. The fourth-order valence-electron chi connectivity index (χ4n) is 0.817. The Hall–Kier alpha value is -0.160. The molecule has 0 aliphatic carbocycles. The molecule has 0 fully saturated rings. The quantitative estimate of drug-likeness (QED) is 0.491. The molecule has 4 nitrogen and oxygen atoms in total. The van der Waals surface area contributed by atoms with Gasteiger partial charge in [0.05, 0.1) is 6.73 Å². The van der Waals surface area contributed by atoms with Gasteiger partial charge in [-0.3, -0.25) is 0 Å². The molecule has 0 aliphatic rings. The molecular formula is C7H17NO3. The minimum Gasteiger partial charge on any atom is -0.381 e. The number of aliphatic hydroxyl groups excluding tert-OH is 1. The second-order valence-corrected chi connectivity index (χ2v) is 3.21. The van der Waals surface area contributed by atoms with Crippen LogP contribution in [0, 0.1) is 5.92 Å². The monoisotopic (exact) mass is 163 g/mol. The van der Waals surface area contributed by atoms with Crippen LogP contribution >= 0.6 is 0 Å². The molecule has 0 aliphatic heterocycles. The summed E-state index contributed by atoms with van der Waals surface area (Å²) in [6.07, 6.45) is 0.226. The minimum absolute atomic E-state index is 0.180. The zero-order valence-corrected chi connectivity index (χ0v) is 7.28. The Kier molecular flexibility index (Phi) is 3.96. The largest absolute Gasteiger partial charge is 0.381 e. The van der Waals surface area contributed by atoms with Gasteiger partial charge in [0, 0.05) is 6.42 Å². The maximum absolute atomic E-state index is 9.27. The van der Waals surface area contributed by atoms with Crippen LogP contribution in [-0.4, -0.2) is 39.9 Å². The predicted octanol–water partition coefficient (Wildman–Crippen LogP) is -0.448. The molecule has 68 valence electrons. The standard InChI is InChI=1S/C7H17NO3/c1-6(2)4-7(10,11)8(3)5-9/h6,9-11H,4-5H2,1-3H3. The van der Waals surface area contributed by atoms with Gasteiger partial charge in [-0.1, -0.05) is 13.8 Å². The van der Waals surface area contributed by atoms with Crippen molar-refractivity contribution in [2.24, 2.45) is 5.92 Å².